The van der Waals surface area contributed by atoms with Gasteiger partial charge in [0, 0.05) is 12.2 Å². The zero-order chi connectivity index (χ0) is 9.26. The standard InChI is InChI=1S/C9H10Cl2N2/c10-7-4-6(5-13-9(7)11)8-2-1-3-12-8/h4-5,8,12H,1-3H2/t8-/m1/s1. The van der Waals surface area contributed by atoms with Crippen LogP contribution >= 0.6 is 23.2 Å². The van der Waals surface area contributed by atoms with Crippen LogP contribution in [-0.4, -0.2) is 11.5 Å². The van der Waals surface area contributed by atoms with Gasteiger partial charge in [0.15, 0.2) is 0 Å². The summed E-state index contributed by atoms with van der Waals surface area (Å²) in [5.41, 5.74) is 1.13. The largest absolute Gasteiger partial charge is 0.310 e. The van der Waals surface area contributed by atoms with Gasteiger partial charge in [-0.25, -0.2) is 4.98 Å². The van der Waals surface area contributed by atoms with E-state index in [4.69, 9.17) is 23.2 Å². The summed E-state index contributed by atoms with van der Waals surface area (Å²) in [5, 5.41) is 4.29. The number of aromatic nitrogens is 1. The molecular weight excluding hydrogens is 207 g/mol. The number of halogens is 2. The molecule has 1 atom stereocenters. The molecule has 0 radical (unpaired) electrons. The third kappa shape index (κ3) is 1.96. The van der Waals surface area contributed by atoms with Crippen LogP contribution in [0, 0.1) is 0 Å². The Bertz CT molecular complexity index is 308. The van der Waals surface area contributed by atoms with Gasteiger partial charge in [-0.1, -0.05) is 23.2 Å². The minimum Gasteiger partial charge on any atom is -0.310 e. The van der Waals surface area contributed by atoms with E-state index >= 15 is 0 Å². The highest BCUT2D eigenvalue weighted by Gasteiger charge is 2.17. The normalized spacial score (nSPS) is 22.2. The van der Waals surface area contributed by atoms with Crippen LogP contribution in [0.15, 0.2) is 12.3 Å². The Kier molecular flexibility index (Phi) is 2.72. The SMILES string of the molecule is Clc1cc([C@H]2CCCN2)cnc1Cl. The molecule has 0 unspecified atom stereocenters. The number of nitrogens with zero attached hydrogens (tertiary/aromatic N) is 1. The molecule has 0 amide bonds. The Hall–Kier alpha value is -0.310. The number of hydrogen-bond donors (Lipinski definition) is 1. The Morgan fingerprint density at radius 2 is 2.31 bits per heavy atom. The molecule has 0 aliphatic carbocycles. The molecule has 1 aromatic rings. The molecule has 4 heteroatoms. The van der Waals surface area contributed by atoms with Crippen LogP contribution in [-0.2, 0) is 0 Å². The lowest BCUT2D eigenvalue weighted by molar-refractivity contribution is 0.645. The lowest BCUT2D eigenvalue weighted by Gasteiger charge is -2.10. The van der Waals surface area contributed by atoms with Crippen LogP contribution in [0.25, 0.3) is 0 Å². The summed E-state index contributed by atoms with van der Waals surface area (Å²) in [6.07, 6.45) is 4.15. The van der Waals surface area contributed by atoms with Gasteiger partial charge in [-0.05, 0) is 31.0 Å². The third-order valence-electron chi connectivity index (χ3n) is 2.28. The number of pyridine rings is 1. The molecule has 1 aromatic heterocycles. The van der Waals surface area contributed by atoms with E-state index in [1.54, 1.807) is 6.20 Å². The summed E-state index contributed by atoms with van der Waals surface area (Å²) in [7, 11) is 0. The Balaban J connectivity index is 2.25. The summed E-state index contributed by atoms with van der Waals surface area (Å²) in [5.74, 6) is 0. The summed E-state index contributed by atoms with van der Waals surface area (Å²) in [4.78, 5) is 4.02. The van der Waals surface area contributed by atoms with Crippen molar-refractivity contribution in [2.45, 2.75) is 18.9 Å². The molecule has 0 saturated carbocycles. The van der Waals surface area contributed by atoms with Crippen molar-refractivity contribution in [3.05, 3.63) is 28.0 Å². The van der Waals surface area contributed by atoms with Gasteiger partial charge in [0.25, 0.3) is 0 Å². The van der Waals surface area contributed by atoms with Crippen molar-refractivity contribution >= 4 is 23.2 Å². The maximum absolute atomic E-state index is 5.87. The summed E-state index contributed by atoms with van der Waals surface area (Å²) < 4.78 is 0. The van der Waals surface area contributed by atoms with Gasteiger partial charge in [-0.2, -0.15) is 0 Å². The second kappa shape index (κ2) is 3.82. The number of nitrogens with one attached hydrogen (secondary N) is 1. The van der Waals surface area contributed by atoms with Crippen LogP contribution in [0.4, 0.5) is 0 Å². The Morgan fingerprint density at radius 3 is 2.92 bits per heavy atom. The first-order valence-electron chi connectivity index (χ1n) is 4.31. The van der Waals surface area contributed by atoms with E-state index in [1.807, 2.05) is 6.07 Å². The van der Waals surface area contributed by atoms with Gasteiger partial charge in [-0.3, -0.25) is 0 Å². The van der Waals surface area contributed by atoms with E-state index in [2.05, 4.69) is 10.3 Å². The van der Waals surface area contributed by atoms with Crippen LogP contribution in [0.3, 0.4) is 0 Å². The molecule has 2 heterocycles. The lowest BCUT2D eigenvalue weighted by atomic mass is 10.1. The van der Waals surface area contributed by atoms with Crippen molar-refractivity contribution in [3.8, 4) is 0 Å². The zero-order valence-corrected chi connectivity index (χ0v) is 8.57. The zero-order valence-electron chi connectivity index (χ0n) is 7.06. The van der Waals surface area contributed by atoms with Gasteiger partial charge in [0.05, 0.1) is 5.02 Å². The number of hydrogen-bond acceptors (Lipinski definition) is 2. The molecule has 0 spiro atoms. The molecular formula is C9H10Cl2N2. The number of rotatable bonds is 1. The molecule has 0 aromatic carbocycles. The van der Waals surface area contributed by atoms with Gasteiger partial charge in [0.1, 0.15) is 5.15 Å². The minimum absolute atomic E-state index is 0.378. The molecule has 1 fully saturated rings. The van der Waals surface area contributed by atoms with Gasteiger partial charge in [0.2, 0.25) is 0 Å². The van der Waals surface area contributed by atoms with Crippen molar-refractivity contribution in [1.82, 2.24) is 10.3 Å². The first kappa shape index (κ1) is 9.25. The highest BCUT2D eigenvalue weighted by atomic mass is 35.5. The molecule has 13 heavy (non-hydrogen) atoms. The summed E-state index contributed by atoms with van der Waals surface area (Å²) in [6.45, 7) is 1.07. The van der Waals surface area contributed by atoms with Crippen molar-refractivity contribution in [3.63, 3.8) is 0 Å². The third-order valence-corrected chi connectivity index (χ3v) is 2.97. The molecule has 70 valence electrons. The smallest absolute Gasteiger partial charge is 0.147 e. The molecule has 2 rings (SSSR count). The van der Waals surface area contributed by atoms with Gasteiger partial charge < -0.3 is 5.32 Å². The quantitative estimate of drug-likeness (QED) is 0.731. The maximum Gasteiger partial charge on any atom is 0.147 e. The average molecular weight is 217 g/mol. The van der Waals surface area contributed by atoms with Crippen molar-refractivity contribution in [1.29, 1.82) is 0 Å². The van der Waals surface area contributed by atoms with E-state index in [9.17, 15) is 0 Å². The van der Waals surface area contributed by atoms with E-state index in [0.29, 0.717) is 16.2 Å². The predicted octanol–water partition coefficient (Wildman–Crippen LogP) is 2.81. The fraction of sp³-hybridized carbons (Fsp3) is 0.444. The summed E-state index contributed by atoms with van der Waals surface area (Å²) in [6, 6.07) is 2.29. The second-order valence-electron chi connectivity index (χ2n) is 3.19. The topological polar surface area (TPSA) is 24.9 Å². The van der Waals surface area contributed by atoms with E-state index in [0.717, 1.165) is 18.5 Å². The Labute approximate surface area is 87.3 Å². The monoisotopic (exact) mass is 216 g/mol. The van der Waals surface area contributed by atoms with Crippen LogP contribution < -0.4 is 5.32 Å². The van der Waals surface area contributed by atoms with Crippen molar-refractivity contribution in [2.75, 3.05) is 6.54 Å². The van der Waals surface area contributed by atoms with Crippen molar-refractivity contribution < 1.29 is 0 Å². The molecule has 1 aliphatic rings. The Morgan fingerprint density at radius 1 is 1.46 bits per heavy atom. The van der Waals surface area contributed by atoms with Crippen molar-refractivity contribution in [2.24, 2.45) is 0 Å². The maximum atomic E-state index is 5.87. The molecule has 1 aliphatic heterocycles. The van der Waals surface area contributed by atoms with Crippen LogP contribution in [0.5, 0.6) is 0 Å². The van der Waals surface area contributed by atoms with E-state index in [1.165, 1.54) is 6.42 Å². The highest BCUT2D eigenvalue weighted by Crippen LogP contribution is 2.27. The van der Waals surface area contributed by atoms with Crippen LogP contribution in [0.1, 0.15) is 24.4 Å². The van der Waals surface area contributed by atoms with E-state index in [-0.39, 0.29) is 0 Å². The van der Waals surface area contributed by atoms with Gasteiger partial charge in [-0.15, -0.1) is 0 Å². The van der Waals surface area contributed by atoms with E-state index < -0.39 is 0 Å². The molecule has 0 bridgehead atoms. The second-order valence-corrected chi connectivity index (χ2v) is 3.96. The molecule has 1 saturated heterocycles. The molecule has 2 nitrogen and oxygen atoms in total. The fourth-order valence-corrected chi connectivity index (χ4v) is 1.87. The van der Waals surface area contributed by atoms with Gasteiger partial charge >= 0.3 is 0 Å². The minimum atomic E-state index is 0.378. The first-order valence-corrected chi connectivity index (χ1v) is 5.07. The molecule has 1 N–H and O–H groups in total. The first-order chi connectivity index (χ1) is 6.27. The summed E-state index contributed by atoms with van der Waals surface area (Å²) >= 11 is 11.6. The predicted molar refractivity (Wildman–Crippen MR) is 54.2 cm³/mol. The van der Waals surface area contributed by atoms with Crippen LogP contribution in [0.2, 0.25) is 10.2 Å². The average Bonchev–Trinajstić information content (AvgIpc) is 2.62. The lowest BCUT2D eigenvalue weighted by Crippen LogP contribution is -2.12. The fourth-order valence-electron chi connectivity index (χ4n) is 1.60. The highest BCUT2D eigenvalue weighted by molar-refractivity contribution is 6.41.